The molecule has 3 rings (SSSR count). The number of aromatic nitrogens is 4. The molecule has 0 aliphatic heterocycles. The summed E-state index contributed by atoms with van der Waals surface area (Å²) < 4.78 is 4.50. The summed E-state index contributed by atoms with van der Waals surface area (Å²) in [5.41, 5.74) is 9.64. The number of hydrogen-bond acceptors (Lipinski definition) is 3. The van der Waals surface area contributed by atoms with Gasteiger partial charge in [-0.25, -0.2) is 9.67 Å². The molecule has 0 fully saturated rings. The van der Waals surface area contributed by atoms with Crippen molar-refractivity contribution in [2.24, 2.45) is 7.05 Å². The Labute approximate surface area is 129 Å². The molecule has 0 aliphatic carbocycles. The molecule has 0 bridgehead atoms. The molecule has 20 heavy (non-hydrogen) atoms. The lowest BCUT2D eigenvalue weighted by Crippen LogP contribution is -2.05. The molecule has 2 aromatic heterocycles. The maximum atomic E-state index is 6.07. The van der Waals surface area contributed by atoms with E-state index in [1.165, 1.54) is 0 Å². The fraction of sp³-hybridized carbons (Fsp3) is 0.231. The Morgan fingerprint density at radius 1 is 1.40 bits per heavy atom. The lowest BCUT2D eigenvalue weighted by Gasteiger charge is -2.08. The third kappa shape index (κ3) is 1.91. The maximum Gasteiger partial charge on any atom is 0.207 e. The lowest BCUT2D eigenvalue weighted by molar-refractivity contribution is 0.751. The minimum absolute atomic E-state index is 0.442. The molecule has 0 saturated carbocycles. The van der Waals surface area contributed by atoms with E-state index in [0.29, 0.717) is 11.0 Å². The van der Waals surface area contributed by atoms with Crippen LogP contribution in [0.2, 0.25) is 5.02 Å². The van der Waals surface area contributed by atoms with Gasteiger partial charge in [0.25, 0.3) is 0 Å². The van der Waals surface area contributed by atoms with Gasteiger partial charge in [-0.1, -0.05) is 18.5 Å². The van der Waals surface area contributed by atoms with Gasteiger partial charge in [-0.15, -0.1) is 0 Å². The molecule has 104 valence electrons. The van der Waals surface area contributed by atoms with E-state index in [1.54, 1.807) is 4.68 Å². The van der Waals surface area contributed by atoms with Gasteiger partial charge in [-0.3, -0.25) is 4.57 Å². The molecule has 0 amide bonds. The van der Waals surface area contributed by atoms with Crippen molar-refractivity contribution < 1.29 is 0 Å². The zero-order valence-corrected chi connectivity index (χ0v) is 13.4. The fourth-order valence-electron chi connectivity index (χ4n) is 2.31. The maximum absolute atomic E-state index is 6.07. The standard InChI is InChI=1S/C13H13BrClN5/c1-3-10-11-12(19(2)18-10)20(13(16)17-11)7-4-5-9(15)8(14)6-7/h4-6H,3H2,1-2H3,(H2,16,17). The normalized spacial score (nSPS) is 11.4. The number of hydrogen-bond donors (Lipinski definition) is 1. The highest BCUT2D eigenvalue weighted by atomic mass is 79.9. The van der Waals surface area contributed by atoms with E-state index in [0.717, 1.165) is 33.4 Å². The van der Waals surface area contributed by atoms with Crippen molar-refractivity contribution in [2.45, 2.75) is 13.3 Å². The van der Waals surface area contributed by atoms with Gasteiger partial charge < -0.3 is 5.73 Å². The van der Waals surface area contributed by atoms with Gasteiger partial charge in [0, 0.05) is 11.5 Å². The first-order valence-corrected chi connectivity index (χ1v) is 7.35. The fourth-order valence-corrected chi connectivity index (χ4v) is 2.80. The Hall–Kier alpha value is -1.53. The van der Waals surface area contributed by atoms with Gasteiger partial charge in [0.05, 0.1) is 16.4 Å². The highest BCUT2D eigenvalue weighted by Gasteiger charge is 2.18. The summed E-state index contributed by atoms with van der Waals surface area (Å²) in [7, 11) is 1.89. The second-order valence-corrected chi connectivity index (χ2v) is 5.76. The smallest absolute Gasteiger partial charge is 0.207 e. The number of anilines is 1. The second kappa shape index (κ2) is 4.79. The van der Waals surface area contributed by atoms with E-state index in [4.69, 9.17) is 17.3 Å². The van der Waals surface area contributed by atoms with Crippen molar-refractivity contribution in [1.29, 1.82) is 0 Å². The van der Waals surface area contributed by atoms with Gasteiger partial charge >= 0.3 is 0 Å². The molecule has 2 heterocycles. The van der Waals surface area contributed by atoms with Crippen LogP contribution in [0.1, 0.15) is 12.6 Å². The quantitative estimate of drug-likeness (QED) is 0.768. The highest BCUT2D eigenvalue weighted by molar-refractivity contribution is 9.10. The third-order valence-corrected chi connectivity index (χ3v) is 4.44. The molecule has 0 saturated heterocycles. The third-order valence-electron chi connectivity index (χ3n) is 3.23. The largest absolute Gasteiger partial charge is 0.369 e. The Morgan fingerprint density at radius 3 is 2.80 bits per heavy atom. The van der Waals surface area contributed by atoms with Crippen LogP contribution < -0.4 is 5.73 Å². The lowest BCUT2D eigenvalue weighted by atomic mass is 10.3. The minimum Gasteiger partial charge on any atom is -0.369 e. The zero-order chi connectivity index (χ0) is 14.4. The molecule has 7 heteroatoms. The summed E-state index contributed by atoms with van der Waals surface area (Å²) in [6.45, 7) is 2.05. The van der Waals surface area contributed by atoms with Gasteiger partial charge in [-0.05, 0) is 40.5 Å². The van der Waals surface area contributed by atoms with Crippen molar-refractivity contribution in [2.75, 3.05) is 5.73 Å². The van der Waals surface area contributed by atoms with Crippen LogP contribution >= 0.6 is 27.5 Å². The van der Waals surface area contributed by atoms with Crippen LogP contribution in [0.15, 0.2) is 22.7 Å². The van der Waals surface area contributed by atoms with Crippen molar-refractivity contribution in [3.05, 3.63) is 33.4 Å². The summed E-state index contributed by atoms with van der Waals surface area (Å²) in [4.78, 5) is 4.44. The highest BCUT2D eigenvalue weighted by Crippen LogP contribution is 2.29. The Bertz CT molecular complexity index is 805. The molecule has 0 radical (unpaired) electrons. The number of imidazole rings is 1. The van der Waals surface area contributed by atoms with Crippen LogP contribution in [0.4, 0.5) is 5.95 Å². The van der Waals surface area contributed by atoms with Gasteiger partial charge in [0.1, 0.15) is 5.52 Å². The van der Waals surface area contributed by atoms with E-state index >= 15 is 0 Å². The van der Waals surface area contributed by atoms with Crippen LogP contribution in [0.5, 0.6) is 0 Å². The Kier molecular flexibility index (Phi) is 3.22. The van der Waals surface area contributed by atoms with Gasteiger partial charge in [0.15, 0.2) is 5.65 Å². The molecule has 0 unspecified atom stereocenters. The van der Waals surface area contributed by atoms with E-state index in [9.17, 15) is 0 Å². The topological polar surface area (TPSA) is 61.7 Å². The molecule has 3 aromatic rings. The number of aryl methyl sites for hydroxylation is 2. The summed E-state index contributed by atoms with van der Waals surface area (Å²) in [6, 6.07) is 5.64. The average Bonchev–Trinajstić information content (AvgIpc) is 2.90. The van der Waals surface area contributed by atoms with Crippen molar-refractivity contribution >= 4 is 44.6 Å². The Balaban J connectivity index is 2.32. The second-order valence-electron chi connectivity index (χ2n) is 4.50. The van der Waals surface area contributed by atoms with E-state index < -0.39 is 0 Å². The number of fused-ring (bicyclic) bond motifs is 1. The average molecular weight is 355 g/mol. The number of nitrogen functional groups attached to an aromatic ring is 1. The number of nitrogens with zero attached hydrogens (tertiary/aromatic N) is 4. The molecular formula is C13H13BrClN5. The summed E-state index contributed by atoms with van der Waals surface area (Å²) >= 11 is 9.47. The van der Waals surface area contributed by atoms with Gasteiger partial charge in [0.2, 0.25) is 5.95 Å². The van der Waals surface area contributed by atoms with Crippen LogP contribution in [-0.4, -0.2) is 19.3 Å². The molecule has 0 spiro atoms. The summed E-state index contributed by atoms with van der Waals surface area (Å²) in [5, 5.41) is 5.13. The van der Waals surface area contributed by atoms with Crippen molar-refractivity contribution in [3.8, 4) is 5.69 Å². The minimum atomic E-state index is 0.442. The van der Waals surface area contributed by atoms with Crippen LogP contribution in [-0.2, 0) is 13.5 Å². The number of benzene rings is 1. The number of rotatable bonds is 2. The van der Waals surface area contributed by atoms with Crippen LogP contribution in [0, 0.1) is 0 Å². The zero-order valence-electron chi connectivity index (χ0n) is 11.1. The first kappa shape index (κ1) is 13.5. The molecule has 2 N–H and O–H groups in total. The number of halogens is 2. The predicted molar refractivity (Wildman–Crippen MR) is 84.3 cm³/mol. The van der Waals surface area contributed by atoms with Crippen molar-refractivity contribution in [1.82, 2.24) is 19.3 Å². The van der Waals surface area contributed by atoms with E-state index in [1.807, 2.05) is 29.8 Å². The molecular weight excluding hydrogens is 342 g/mol. The molecule has 5 nitrogen and oxygen atoms in total. The predicted octanol–water partition coefficient (Wildman–Crippen LogP) is 3.32. The summed E-state index contributed by atoms with van der Waals surface area (Å²) in [5.74, 6) is 0.442. The first-order valence-electron chi connectivity index (χ1n) is 6.18. The first-order chi connectivity index (χ1) is 9.52. The molecule has 0 atom stereocenters. The van der Waals surface area contributed by atoms with Crippen LogP contribution in [0.3, 0.4) is 0 Å². The van der Waals surface area contributed by atoms with Gasteiger partial charge in [-0.2, -0.15) is 5.10 Å². The SMILES string of the molecule is CCc1nn(C)c2c1nc(N)n2-c1ccc(Cl)c(Br)c1. The van der Waals surface area contributed by atoms with E-state index in [2.05, 4.69) is 32.9 Å². The van der Waals surface area contributed by atoms with Crippen molar-refractivity contribution in [3.63, 3.8) is 0 Å². The van der Waals surface area contributed by atoms with E-state index in [-0.39, 0.29) is 0 Å². The molecule has 1 aromatic carbocycles. The molecule has 0 aliphatic rings. The number of nitrogens with two attached hydrogens (primary N) is 1. The van der Waals surface area contributed by atoms with Crippen LogP contribution in [0.25, 0.3) is 16.9 Å². The monoisotopic (exact) mass is 353 g/mol. The Morgan fingerprint density at radius 2 is 2.15 bits per heavy atom. The summed E-state index contributed by atoms with van der Waals surface area (Å²) in [6.07, 6.45) is 0.818.